The Bertz CT molecular complexity index is 393. The van der Waals surface area contributed by atoms with Crippen molar-refractivity contribution in [1.82, 2.24) is 5.32 Å². The summed E-state index contributed by atoms with van der Waals surface area (Å²) in [5, 5.41) is 4.18. The van der Waals surface area contributed by atoms with Gasteiger partial charge < -0.3 is 15.8 Å². The van der Waals surface area contributed by atoms with E-state index in [1.807, 2.05) is 26.0 Å². The largest absolute Gasteiger partial charge is 0.397 e. The molecule has 0 spiro atoms. The van der Waals surface area contributed by atoms with Gasteiger partial charge in [0.15, 0.2) is 0 Å². The van der Waals surface area contributed by atoms with E-state index in [1.54, 1.807) is 0 Å². The number of halogens is 1. The van der Waals surface area contributed by atoms with E-state index in [4.69, 9.17) is 22.1 Å². The number of hydrogen-bond donors (Lipinski definition) is 2. The van der Waals surface area contributed by atoms with Gasteiger partial charge in [-0.3, -0.25) is 0 Å². The van der Waals surface area contributed by atoms with Crippen LogP contribution in [0.4, 0.5) is 0 Å². The molecule has 3 nitrogen and oxygen atoms in total. The van der Waals surface area contributed by atoms with Crippen LogP contribution in [0.25, 0.3) is 0 Å². The Morgan fingerprint density at radius 2 is 1.95 bits per heavy atom. The summed E-state index contributed by atoms with van der Waals surface area (Å²) in [7, 11) is 0. The standard InChI is InChI=1S/C16H27ClN2O/c1-4-12(2)15(17)5-6-16(18)13(3)19-11-14-7-9-20-10-8-14/h5-6,14,19H,4,7-11,18H2,1-3H3/b6-5-,15-12?,16-13-. The molecule has 1 fully saturated rings. The molecule has 114 valence electrons. The molecule has 1 aliphatic heterocycles. The summed E-state index contributed by atoms with van der Waals surface area (Å²) in [5.41, 5.74) is 8.96. The molecule has 1 rings (SSSR count). The number of allylic oxidation sites excluding steroid dienone is 5. The first kappa shape index (κ1) is 17.1. The van der Waals surface area contributed by atoms with Crippen LogP contribution in [0, 0.1) is 5.92 Å². The Morgan fingerprint density at radius 3 is 2.55 bits per heavy atom. The number of nitrogens with two attached hydrogens (primary N) is 1. The van der Waals surface area contributed by atoms with Crippen molar-refractivity contribution in [3.8, 4) is 0 Å². The Kier molecular flexibility index (Phi) is 7.78. The number of ether oxygens (including phenoxy) is 1. The number of hydrogen-bond acceptors (Lipinski definition) is 3. The van der Waals surface area contributed by atoms with E-state index in [2.05, 4.69) is 12.2 Å². The fraction of sp³-hybridized carbons (Fsp3) is 0.625. The average Bonchev–Trinajstić information content (AvgIpc) is 2.49. The number of rotatable bonds is 6. The molecule has 0 bridgehead atoms. The molecule has 0 aromatic rings. The van der Waals surface area contributed by atoms with Crippen molar-refractivity contribution in [2.24, 2.45) is 11.7 Å². The van der Waals surface area contributed by atoms with Crippen LogP contribution < -0.4 is 11.1 Å². The topological polar surface area (TPSA) is 47.3 Å². The maximum Gasteiger partial charge on any atom is 0.0504 e. The molecule has 1 aliphatic rings. The van der Waals surface area contributed by atoms with Crippen molar-refractivity contribution < 1.29 is 4.74 Å². The van der Waals surface area contributed by atoms with Crippen LogP contribution in [0.5, 0.6) is 0 Å². The zero-order valence-electron chi connectivity index (χ0n) is 12.8. The Morgan fingerprint density at radius 1 is 1.30 bits per heavy atom. The van der Waals surface area contributed by atoms with Gasteiger partial charge >= 0.3 is 0 Å². The summed E-state index contributed by atoms with van der Waals surface area (Å²) in [6.45, 7) is 8.83. The third-order valence-electron chi connectivity index (χ3n) is 3.78. The average molecular weight is 299 g/mol. The maximum absolute atomic E-state index is 6.16. The lowest BCUT2D eigenvalue weighted by molar-refractivity contribution is 0.0670. The fourth-order valence-corrected chi connectivity index (χ4v) is 2.15. The molecule has 0 aromatic heterocycles. The van der Waals surface area contributed by atoms with Crippen LogP contribution >= 0.6 is 11.6 Å². The zero-order chi connectivity index (χ0) is 15.0. The molecular weight excluding hydrogens is 272 g/mol. The summed E-state index contributed by atoms with van der Waals surface area (Å²) in [5.74, 6) is 0.682. The monoisotopic (exact) mass is 298 g/mol. The summed E-state index contributed by atoms with van der Waals surface area (Å²) < 4.78 is 5.36. The van der Waals surface area contributed by atoms with Crippen molar-refractivity contribution in [3.63, 3.8) is 0 Å². The molecule has 0 amide bonds. The molecule has 0 aromatic carbocycles. The summed E-state index contributed by atoms with van der Waals surface area (Å²) in [4.78, 5) is 0. The fourth-order valence-electron chi connectivity index (χ4n) is 1.95. The second-order valence-corrected chi connectivity index (χ2v) is 5.74. The Balaban J connectivity index is 2.49. The predicted molar refractivity (Wildman–Crippen MR) is 86.4 cm³/mol. The van der Waals surface area contributed by atoms with Crippen molar-refractivity contribution in [2.75, 3.05) is 19.8 Å². The van der Waals surface area contributed by atoms with E-state index in [1.165, 1.54) is 5.57 Å². The molecule has 20 heavy (non-hydrogen) atoms. The normalized spacial score (nSPS) is 19.8. The minimum absolute atomic E-state index is 0.682. The highest BCUT2D eigenvalue weighted by atomic mass is 35.5. The summed E-state index contributed by atoms with van der Waals surface area (Å²) in [6, 6.07) is 0. The van der Waals surface area contributed by atoms with Crippen molar-refractivity contribution in [2.45, 2.75) is 40.0 Å². The van der Waals surface area contributed by atoms with E-state index in [9.17, 15) is 0 Å². The first-order chi connectivity index (χ1) is 9.54. The molecule has 4 heteroatoms. The third-order valence-corrected chi connectivity index (χ3v) is 4.23. The van der Waals surface area contributed by atoms with E-state index in [0.717, 1.165) is 55.4 Å². The van der Waals surface area contributed by atoms with E-state index in [0.29, 0.717) is 5.92 Å². The number of nitrogens with one attached hydrogen (secondary N) is 1. The first-order valence-electron chi connectivity index (χ1n) is 7.35. The van der Waals surface area contributed by atoms with Crippen molar-refractivity contribution >= 4 is 11.6 Å². The van der Waals surface area contributed by atoms with Crippen LogP contribution in [-0.4, -0.2) is 19.8 Å². The van der Waals surface area contributed by atoms with Gasteiger partial charge in [0.2, 0.25) is 0 Å². The molecule has 1 saturated heterocycles. The smallest absolute Gasteiger partial charge is 0.0504 e. The van der Waals surface area contributed by atoms with Crippen molar-refractivity contribution in [3.05, 3.63) is 34.2 Å². The molecule has 0 radical (unpaired) electrons. The Hall–Kier alpha value is -0.930. The lowest BCUT2D eigenvalue weighted by Gasteiger charge is -2.23. The highest BCUT2D eigenvalue weighted by Gasteiger charge is 2.13. The Labute approximate surface area is 127 Å². The van der Waals surface area contributed by atoms with Gasteiger partial charge in [0.1, 0.15) is 0 Å². The third kappa shape index (κ3) is 6.02. The van der Waals surface area contributed by atoms with Gasteiger partial charge in [0, 0.05) is 30.5 Å². The van der Waals surface area contributed by atoms with Gasteiger partial charge in [-0.15, -0.1) is 0 Å². The van der Waals surface area contributed by atoms with Crippen LogP contribution in [0.1, 0.15) is 40.0 Å². The van der Waals surface area contributed by atoms with Crippen LogP contribution in [0.2, 0.25) is 0 Å². The van der Waals surface area contributed by atoms with E-state index < -0.39 is 0 Å². The minimum Gasteiger partial charge on any atom is -0.397 e. The van der Waals surface area contributed by atoms with Gasteiger partial charge in [0.05, 0.1) is 5.70 Å². The molecule has 3 N–H and O–H groups in total. The van der Waals surface area contributed by atoms with E-state index >= 15 is 0 Å². The second-order valence-electron chi connectivity index (χ2n) is 5.33. The van der Waals surface area contributed by atoms with Crippen LogP contribution in [-0.2, 0) is 4.74 Å². The van der Waals surface area contributed by atoms with Gasteiger partial charge in [-0.05, 0) is 51.2 Å². The second kappa shape index (κ2) is 9.09. The first-order valence-corrected chi connectivity index (χ1v) is 7.73. The maximum atomic E-state index is 6.16. The molecule has 1 heterocycles. The van der Waals surface area contributed by atoms with Crippen LogP contribution in [0.3, 0.4) is 0 Å². The zero-order valence-corrected chi connectivity index (χ0v) is 13.6. The molecule has 0 saturated carbocycles. The van der Waals surface area contributed by atoms with Gasteiger partial charge in [-0.25, -0.2) is 0 Å². The van der Waals surface area contributed by atoms with Crippen molar-refractivity contribution in [1.29, 1.82) is 0 Å². The lowest BCUT2D eigenvalue weighted by atomic mass is 10.0. The van der Waals surface area contributed by atoms with Gasteiger partial charge in [-0.2, -0.15) is 0 Å². The SMILES string of the molecule is CCC(C)=C(Cl)/C=C\C(N)=C(/C)NCC1CCOCC1. The van der Waals surface area contributed by atoms with Gasteiger partial charge in [-0.1, -0.05) is 24.1 Å². The molecule has 0 unspecified atom stereocenters. The molecule has 0 atom stereocenters. The lowest BCUT2D eigenvalue weighted by Crippen LogP contribution is -2.27. The molecule has 0 aliphatic carbocycles. The van der Waals surface area contributed by atoms with Gasteiger partial charge in [0.25, 0.3) is 0 Å². The highest BCUT2D eigenvalue weighted by molar-refractivity contribution is 6.31. The summed E-state index contributed by atoms with van der Waals surface area (Å²) in [6.07, 6.45) is 6.94. The van der Waals surface area contributed by atoms with Crippen LogP contribution in [0.15, 0.2) is 34.2 Å². The highest BCUT2D eigenvalue weighted by Crippen LogP contribution is 2.15. The van der Waals surface area contributed by atoms with E-state index in [-0.39, 0.29) is 0 Å². The summed E-state index contributed by atoms with van der Waals surface area (Å²) >= 11 is 6.16. The minimum atomic E-state index is 0.682. The predicted octanol–water partition coefficient (Wildman–Crippen LogP) is 3.67. The molecular formula is C16H27ClN2O. The quantitative estimate of drug-likeness (QED) is 0.736.